The molecular weight excluding hydrogens is 218 g/mol. The minimum atomic E-state index is -0.358. The number of nitrogens with zero attached hydrogens (tertiary/aromatic N) is 2. The Bertz CT molecular complexity index is 362. The molecule has 5 heteroatoms. The second-order valence-corrected chi connectivity index (χ2v) is 4.84. The van der Waals surface area contributed by atoms with E-state index in [0.29, 0.717) is 24.2 Å². The molecule has 17 heavy (non-hydrogen) atoms. The fraction of sp³-hybridized carbons (Fsp3) is 0.833. The monoisotopic (exact) mass is 239 g/mol. The second-order valence-electron chi connectivity index (χ2n) is 4.84. The summed E-state index contributed by atoms with van der Waals surface area (Å²) < 4.78 is 11.1. The molecular formula is C12H21N3O2. The Labute approximate surface area is 102 Å². The van der Waals surface area contributed by atoms with Crippen molar-refractivity contribution in [2.24, 2.45) is 11.7 Å². The number of nitrogens with two attached hydrogens (primary N) is 1. The molecule has 1 fully saturated rings. The van der Waals surface area contributed by atoms with Crippen LogP contribution in [0.15, 0.2) is 4.52 Å². The standard InChI is InChI=1S/C12H21N3O2/c1-3-16-12(6-4-5-9(2)7-12)11-14-10(8-13)17-15-11/h9H,3-8,13H2,1-2H3. The van der Waals surface area contributed by atoms with Gasteiger partial charge < -0.3 is 15.0 Å². The van der Waals surface area contributed by atoms with E-state index in [1.54, 1.807) is 0 Å². The van der Waals surface area contributed by atoms with Crippen molar-refractivity contribution in [2.45, 2.75) is 51.7 Å². The van der Waals surface area contributed by atoms with Crippen LogP contribution in [0.2, 0.25) is 0 Å². The van der Waals surface area contributed by atoms with Crippen molar-refractivity contribution in [1.29, 1.82) is 0 Å². The van der Waals surface area contributed by atoms with Crippen LogP contribution < -0.4 is 5.73 Å². The highest BCUT2D eigenvalue weighted by molar-refractivity contribution is 5.04. The molecule has 5 nitrogen and oxygen atoms in total. The largest absolute Gasteiger partial charge is 0.367 e. The van der Waals surface area contributed by atoms with Crippen LogP contribution >= 0.6 is 0 Å². The van der Waals surface area contributed by atoms with Gasteiger partial charge in [0.1, 0.15) is 5.60 Å². The molecule has 2 rings (SSSR count). The highest BCUT2D eigenvalue weighted by Crippen LogP contribution is 2.41. The zero-order valence-electron chi connectivity index (χ0n) is 10.6. The van der Waals surface area contributed by atoms with E-state index in [9.17, 15) is 0 Å². The zero-order chi connectivity index (χ0) is 12.3. The molecule has 2 N–H and O–H groups in total. The average molecular weight is 239 g/mol. The van der Waals surface area contributed by atoms with Gasteiger partial charge in [-0.05, 0) is 32.1 Å². The van der Waals surface area contributed by atoms with E-state index in [1.165, 1.54) is 6.42 Å². The van der Waals surface area contributed by atoms with E-state index in [1.807, 2.05) is 6.92 Å². The van der Waals surface area contributed by atoms with Crippen molar-refractivity contribution in [3.63, 3.8) is 0 Å². The SMILES string of the molecule is CCOC1(c2noc(CN)n2)CCCC(C)C1. The number of aromatic nitrogens is 2. The molecule has 0 spiro atoms. The summed E-state index contributed by atoms with van der Waals surface area (Å²) in [6.45, 7) is 5.20. The third kappa shape index (κ3) is 2.50. The first-order valence-electron chi connectivity index (χ1n) is 6.37. The van der Waals surface area contributed by atoms with Crippen molar-refractivity contribution in [2.75, 3.05) is 6.61 Å². The summed E-state index contributed by atoms with van der Waals surface area (Å²) in [6.07, 6.45) is 4.32. The van der Waals surface area contributed by atoms with E-state index in [0.717, 1.165) is 19.3 Å². The Balaban J connectivity index is 2.26. The maximum atomic E-state index is 5.96. The van der Waals surface area contributed by atoms with Crippen LogP contribution in [0.25, 0.3) is 0 Å². The van der Waals surface area contributed by atoms with Crippen LogP contribution in [0.4, 0.5) is 0 Å². The topological polar surface area (TPSA) is 74.2 Å². The van der Waals surface area contributed by atoms with Gasteiger partial charge >= 0.3 is 0 Å². The fourth-order valence-corrected chi connectivity index (χ4v) is 2.70. The van der Waals surface area contributed by atoms with Crippen LogP contribution in [0.1, 0.15) is 51.2 Å². The van der Waals surface area contributed by atoms with Gasteiger partial charge in [0.2, 0.25) is 11.7 Å². The molecule has 2 unspecified atom stereocenters. The Hall–Kier alpha value is -0.940. The molecule has 96 valence electrons. The van der Waals surface area contributed by atoms with Crippen LogP contribution in [-0.4, -0.2) is 16.7 Å². The maximum Gasteiger partial charge on any atom is 0.240 e. The summed E-state index contributed by atoms with van der Waals surface area (Å²) >= 11 is 0. The molecule has 1 saturated carbocycles. The molecule has 0 bridgehead atoms. The third-order valence-corrected chi connectivity index (χ3v) is 3.43. The minimum absolute atomic E-state index is 0.282. The molecule has 0 aliphatic heterocycles. The van der Waals surface area contributed by atoms with E-state index in [4.69, 9.17) is 15.0 Å². The van der Waals surface area contributed by atoms with Gasteiger partial charge in [-0.2, -0.15) is 4.98 Å². The summed E-state index contributed by atoms with van der Waals surface area (Å²) in [5.41, 5.74) is 5.14. The van der Waals surface area contributed by atoms with Crippen molar-refractivity contribution < 1.29 is 9.26 Å². The fourth-order valence-electron chi connectivity index (χ4n) is 2.70. The first kappa shape index (κ1) is 12.5. The van der Waals surface area contributed by atoms with Crippen LogP contribution in [0, 0.1) is 5.92 Å². The lowest BCUT2D eigenvalue weighted by Crippen LogP contribution is -2.36. The summed E-state index contributed by atoms with van der Waals surface area (Å²) in [7, 11) is 0. The summed E-state index contributed by atoms with van der Waals surface area (Å²) in [4.78, 5) is 4.35. The molecule has 0 radical (unpaired) electrons. The first-order chi connectivity index (χ1) is 8.20. The minimum Gasteiger partial charge on any atom is -0.367 e. The first-order valence-corrected chi connectivity index (χ1v) is 6.37. The molecule has 1 heterocycles. The van der Waals surface area contributed by atoms with E-state index in [-0.39, 0.29) is 12.1 Å². The van der Waals surface area contributed by atoms with Gasteiger partial charge in [0.15, 0.2) is 0 Å². The Kier molecular flexibility index (Phi) is 3.79. The van der Waals surface area contributed by atoms with Gasteiger partial charge in [-0.15, -0.1) is 0 Å². The van der Waals surface area contributed by atoms with Crippen molar-refractivity contribution in [1.82, 2.24) is 10.1 Å². The van der Waals surface area contributed by atoms with E-state index >= 15 is 0 Å². The van der Waals surface area contributed by atoms with Crippen molar-refractivity contribution >= 4 is 0 Å². The predicted octanol–water partition coefficient (Wildman–Crippen LogP) is 1.97. The van der Waals surface area contributed by atoms with Gasteiger partial charge in [0, 0.05) is 6.61 Å². The molecule has 1 aromatic heterocycles. The van der Waals surface area contributed by atoms with Crippen LogP contribution in [0.3, 0.4) is 0 Å². The van der Waals surface area contributed by atoms with Gasteiger partial charge in [0.05, 0.1) is 6.54 Å². The highest BCUT2D eigenvalue weighted by Gasteiger charge is 2.41. The number of rotatable bonds is 4. The van der Waals surface area contributed by atoms with Crippen molar-refractivity contribution in [3.05, 3.63) is 11.7 Å². The Morgan fingerprint density at radius 2 is 2.41 bits per heavy atom. The van der Waals surface area contributed by atoms with E-state index < -0.39 is 0 Å². The summed E-state index contributed by atoms with van der Waals surface area (Å²) in [6, 6.07) is 0. The second kappa shape index (κ2) is 5.14. The van der Waals surface area contributed by atoms with Crippen molar-refractivity contribution in [3.8, 4) is 0 Å². The van der Waals surface area contributed by atoms with Gasteiger partial charge in [-0.25, -0.2) is 0 Å². The quantitative estimate of drug-likeness (QED) is 0.869. The lowest BCUT2D eigenvalue weighted by Gasteiger charge is -2.37. The number of hydrogen-bond acceptors (Lipinski definition) is 5. The predicted molar refractivity (Wildman–Crippen MR) is 63.1 cm³/mol. The molecule has 0 amide bonds. The number of ether oxygens (including phenoxy) is 1. The molecule has 2 atom stereocenters. The van der Waals surface area contributed by atoms with Gasteiger partial charge in [0.25, 0.3) is 0 Å². The third-order valence-electron chi connectivity index (χ3n) is 3.43. The normalized spacial score (nSPS) is 29.5. The Morgan fingerprint density at radius 1 is 1.59 bits per heavy atom. The van der Waals surface area contributed by atoms with Crippen LogP contribution in [-0.2, 0) is 16.9 Å². The average Bonchev–Trinajstić information content (AvgIpc) is 2.78. The van der Waals surface area contributed by atoms with Gasteiger partial charge in [-0.3, -0.25) is 0 Å². The molecule has 0 saturated heterocycles. The molecule has 0 aromatic carbocycles. The van der Waals surface area contributed by atoms with Gasteiger partial charge in [-0.1, -0.05) is 18.5 Å². The molecule has 1 aliphatic carbocycles. The number of hydrogen-bond donors (Lipinski definition) is 1. The smallest absolute Gasteiger partial charge is 0.240 e. The highest BCUT2D eigenvalue weighted by atomic mass is 16.5. The lowest BCUT2D eigenvalue weighted by molar-refractivity contribution is -0.0891. The maximum absolute atomic E-state index is 5.96. The summed E-state index contributed by atoms with van der Waals surface area (Å²) in [5, 5.41) is 4.04. The Morgan fingerprint density at radius 3 is 3.00 bits per heavy atom. The van der Waals surface area contributed by atoms with E-state index in [2.05, 4.69) is 17.1 Å². The van der Waals surface area contributed by atoms with Crippen LogP contribution in [0.5, 0.6) is 0 Å². The molecule has 1 aliphatic rings. The zero-order valence-corrected chi connectivity index (χ0v) is 10.6. The molecule has 1 aromatic rings. The lowest BCUT2D eigenvalue weighted by atomic mass is 9.78. The summed E-state index contributed by atoms with van der Waals surface area (Å²) in [5.74, 6) is 1.79.